The molecule has 18 heavy (non-hydrogen) atoms. The molecule has 0 spiro atoms. The molecule has 0 aliphatic carbocycles. The van der Waals surface area contributed by atoms with E-state index >= 15 is 0 Å². The summed E-state index contributed by atoms with van der Waals surface area (Å²) in [5, 5.41) is 2.32. The van der Waals surface area contributed by atoms with Crippen LogP contribution in [-0.2, 0) is 16.1 Å². The maximum Gasteiger partial charge on any atom is 0.249 e. The van der Waals surface area contributed by atoms with Gasteiger partial charge in [0.25, 0.3) is 0 Å². The Balaban J connectivity index is 2.37. The van der Waals surface area contributed by atoms with Gasteiger partial charge in [-0.25, -0.2) is 0 Å². The topological polar surface area (TPSA) is 75.4 Å². The first kappa shape index (κ1) is 13.0. The number of amides is 2. The van der Waals surface area contributed by atoms with Gasteiger partial charge in [0.05, 0.1) is 6.54 Å². The molecule has 0 saturated carbocycles. The van der Waals surface area contributed by atoms with Crippen LogP contribution < -0.4 is 16.0 Å². The Hall–Kier alpha value is -1.40. The normalized spacial score (nSPS) is 19.9. The number of nitrogens with one attached hydrogen (secondary N) is 1. The standard InChI is InChI=1S/C12H14BrN3O2/c1-7-12(18)15-11(17)6-16(7)10-3-8(5-14)2-9(13)4-10/h2-4,7H,5-6,14H2,1H3,(H,15,17,18). The Morgan fingerprint density at radius 3 is 2.83 bits per heavy atom. The van der Waals surface area contributed by atoms with E-state index in [-0.39, 0.29) is 24.4 Å². The van der Waals surface area contributed by atoms with Crippen molar-refractivity contribution in [1.82, 2.24) is 5.32 Å². The number of hydrogen-bond acceptors (Lipinski definition) is 4. The van der Waals surface area contributed by atoms with Gasteiger partial charge in [0.2, 0.25) is 11.8 Å². The minimum atomic E-state index is -0.373. The molecule has 1 heterocycles. The number of nitrogens with zero attached hydrogens (tertiary/aromatic N) is 1. The summed E-state index contributed by atoms with van der Waals surface area (Å²) < 4.78 is 0.881. The van der Waals surface area contributed by atoms with Gasteiger partial charge in [-0.15, -0.1) is 0 Å². The molecular weight excluding hydrogens is 298 g/mol. The summed E-state index contributed by atoms with van der Waals surface area (Å²) in [6, 6.07) is 5.32. The Morgan fingerprint density at radius 2 is 2.17 bits per heavy atom. The van der Waals surface area contributed by atoms with Crippen molar-refractivity contribution in [2.75, 3.05) is 11.4 Å². The first-order chi connectivity index (χ1) is 8.51. The van der Waals surface area contributed by atoms with E-state index in [9.17, 15) is 9.59 Å². The number of anilines is 1. The molecule has 5 nitrogen and oxygen atoms in total. The monoisotopic (exact) mass is 311 g/mol. The first-order valence-electron chi connectivity index (χ1n) is 5.61. The third-order valence-corrected chi connectivity index (χ3v) is 3.39. The summed E-state index contributed by atoms with van der Waals surface area (Å²) in [5.41, 5.74) is 7.39. The van der Waals surface area contributed by atoms with Gasteiger partial charge in [0.1, 0.15) is 6.04 Å². The Kier molecular flexibility index (Phi) is 3.68. The highest BCUT2D eigenvalue weighted by molar-refractivity contribution is 9.10. The quantitative estimate of drug-likeness (QED) is 0.791. The van der Waals surface area contributed by atoms with E-state index in [1.807, 2.05) is 18.2 Å². The molecule has 0 bridgehead atoms. The van der Waals surface area contributed by atoms with E-state index in [0.717, 1.165) is 15.7 Å². The van der Waals surface area contributed by atoms with Crippen LogP contribution in [0.2, 0.25) is 0 Å². The smallest absolute Gasteiger partial charge is 0.249 e. The number of hydrogen-bond donors (Lipinski definition) is 2. The highest BCUT2D eigenvalue weighted by Gasteiger charge is 2.30. The molecule has 96 valence electrons. The van der Waals surface area contributed by atoms with Crippen molar-refractivity contribution < 1.29 is 9.59 Å². The number of nitrogens with two attached hydrogens (primary N) is 1. The van der Waals surface area contributed by atoms with Crippen LogP contribution in [0.1, 0.15) is 12.5 Å². The fourth-order valence-electron chi connectivity index (χ4n) is 1.95. The van der Waals surface area contributed by atoms with Crippen molar-refractivity contribution in [3.05, 3.63) is 28.2 Å². The predicted octanol–water partition coefficient (Wildman–Crippen LogP) is 0.759. The first-order valence-corrected chi connectivity index (χ1v) is 6.40. The molecule has 0 aromatic heterocycles. The van der Waals surface area contributed by atoms with E-state index in [1.165, 1.54) is 0 Å². The summed E-state index contributed by atoms with van der Waals surface area (Å²) >= 11 is 3.40. The molecular formula is C12H14BrN3O2. The average molecular weight is 312 g/mol. The number of halogens is 1. The van der Waals surface area contributed by atoms with Crippen LogP contribution in [-0.4, -0.2) is 24.4 Å². The Bertz CT molecular complexity index is 504. The van der Waals surface area contributed by atoms with Crippen LogP contribution in [0.15, 0.2) is 22.7 Å². The van der Waals surface area contributed by atoms with Crippen molar-refractivity contribution in [2.24, 2.45) is 5.73 Å². The Labute approximate surface area is 113 Å². The van der Waals surface area contributed by atoms with Crippen LogP contribution in [0.4, 0.5) is 5.69 Å². The number of carbonyl (C=O) groups excluding carboxylic acids is 2. The fraction of sp³-hybridized carbons (Fsp3) is 0.333. The maximum atomic E-state index is 11.6. The number of piperazine rings is 1. The van der Waals surface area contributed by atoms with Gasteiger partial charge in [-0.2, -0.15) is 0 Å². The van der Waals surface area contributed by atoms with Gasteiger partial charge < -0.3 is 10.6 Å². The lowest BCUT2D eigenvalue weighted by atomic mass is 10.1. The average Bonchev–Trinajstić information content (AvgIpc) is 2.32. The van der Waals surface area contributed by atoms with Crippen molar-refractivity contribution >= 4 is 33.4 Å². The minimum absolute atomic E-state index is 0.174. The zero-order chi connectivity index (χ0) is 13.3. The maximum absolute atomic E-state index is 11.6. The molecule has 1 saturated heterocycles. The van der Waals surface area contributed by atoms with Crippen LogP contribution in [0, 0.1) is 0 Å². The number of imide groups is 1. The largest absolute Gasteiger partial charge is 0.350 e. The summed E-state index contributed by atoms with van der Waals surface area (Å²) in [4.78, 5) is 24.8. The zero-order valence-corrected chi connectivity index (χ0v) is 11.5. The summed E-state index contributed by atoms with van der Waals surface area (Å²) in [7, 11) is 0. The number of carbonyl (C=O) groups is 2. The van der Waals surface area contributed by atoms with E-state index in [0.29, 0.717) is 6.54 Å². The van der Waals surface area contributed by atoms with Crippen LogP contribution in [0.25, 0.3) is 0 Å². The zero-order valence-electron chi connectivity index (χ0n) is 9.94. The molecule has 0 radical (unpaired) electrons. The van der Waals surface area contributed by atoms with Crippen LogP contribution in [0.3, 0.4) is 0 Å². The molecule has 1 aromatic carbocycles. The molecule has 1 aliphatic rings. The molecule has 1 fully saturated rings. The highest BCUT2D eigenvalue weighted by Crippen LogP contribution is 2.25. The molecule has 1 aromatic rings. The van der Waals surface area contributed by atoms with E-state index < -0.39 is 0 Å². The van der Waals surface area contributed by atoms with Crippen molar-refractivity contribution in [2.45, 2.75) is 19.5 Å². The van der Waals surface area contributed by atoms with Crippen LogP contribution in [0.5, 0.6) is 0 Å². The second-order valence-corrected chi connectivity index (χ2v) is 5.15. The third-order valence-electron chi connectivity index (χ3n) is 2.93. The second-order valence-electron chi connectivity index (χ2n) is 4.24. The van der Waals surface area contributed by atoms with Gasteiger partial charge in [0, 0.05) is 16.7 Å². The number of benzene rings is 1. The van der Waals surface area contributed by atoms with Gasteiger partial charge in [-0.05, 0) is 30.7 Å². The molecule has 1 aliphatic heterocycles. The van der Waals surface area contributed by atoms with Crippen molar-refractivity contribution in [1.29, 1.82) is 0 Å². The van der Waals surface area contributed by atoms with Crippen molar-refractivity contribution in [3.8, 4) is 0 Å². The lowest BCUT2D eigenvalue weighted by Crippen LogP contribution is -2.57. The molecule has 6 heteroatoms. The minimum Gasteiger partial charge on any atom is -0.350 e. The fourth-order valence-corrected chi connectivity index (χ4v) is 2.48. The van der Waals surface area contributed by atoms with Gasteiger partial charge in [-0.1, -0.05) is 15.9 Å². The lowest BCUT2D eigenvalue weighted by molar-refractivity contribution is -0.132. The number of rotatable bonds is 2. The molecule has 3 N–H and O–H groups in total. The van der Waals surface area contributed by atoms with Crippen molar-refractivity contribution in [3.63, 3.8) is 0 Å². The highest BCUT2D eigenvalue weighted by atomic mass is 79.9. The SMILES string of the molecule is CC1C(=O)NC(=O)CN1c1cc(Br)cc(CN)c1. The second kappa shape index (κ2) is 5.07. The summed E-state index contributed by atoms with van der Waals surface area (Å²) in [5.74, 6) is -0.562. The Morgan fingerprint density at radius 1 is 1.44 bits per heavy atom. The summed E-state index contributed by atoms with van der Waals surface area (Å²) in [6.07, 6.45) is 0. The van der Waals surface area contributed by atoms with E-state index in [1.54, 1.807) is 11.8 Å². The third kappa shape index (κ3) is 2.54. The lowest BCUT2D eigenvalue weighted by Gasteiger charge is -2.33. The van der Waals surface area contributed by atoms with Gasteiger partial charge in [0.15, 0.2) is 0 Å². The predicted molar refractivity (Wildman–Crippen MR) is 72.0 cm³/mol. The molecule has 2 rings (SSSR count). The molecule has 1 unspecified atom stereocenters. The van der Waals surface area contributed by atoms with E-state index in [4.69, 9.17) is 5.73 Å². The summed E-state index contributed by atoms with van der Waals surface area (Å²) in [6.45, 7) is 2.35. The molecule has 1 atom stereocenters. The molecule has 2 amide bonds. The van der Waals surface area contributed by atoms with Crippen LogP contribution >= 0.6 is 15.9 Å². The van der Waals surface area contributed by atoms with Gasteiger partial charge >= 0.3 is 0 Å². The van der Waals surface area contributed by atoms with E-state index in [2.05, 4.69) is 21.2 Å². The van der Waals surface area contributed by atoms with Gasteiger partial charge in [-0.3, -0.25) is 14.9 Å².